The molecule has 0 aromatic heterocycles. The van der Waals surface area contributed by atoms with Gasteiger partial charge in [0.2, 0.25) is 0 Å². The predicted molar refractivity (Wildman–Crippen MR) is 90.2 cm³/mol. The Hall–Kier alpha value is -1.53. The molecule has 2 aromatic rings. The molecule has 0 aliphatic carbocycles. The number of ether oxygens (including phenoxy) is 1. The molecule has 0 fully saturated rings. The van der Waals surface area contributed by atoms with E-state index in [1.54, 1.807) is 12.1 Å². The first kappa shape index (κ1) is 18.8. The zero-order valence-corrected chi connectivity index (χ0v) is 13.9. The van der Waals surface area contributed by atoms with Crippen molar-refractivity contribution in [2.24, 2.45) is 5.41 Å². The lowest BCUT2D eigenvalue weighted by Gasteiger charge is -2.37. The highest BCUT2D eigenvalue weighted by Gasteiger charge is 2.42. The van der Waals surface area contributed by atoms with E-state index in [4.69, 9.17) is 19.0 Å². The van der Waals surface area contributed by atoms with Gasteiger partial charge in [0.15, 0.2) is 0 Å². The van der Waals surface area contributed by atoms with Gasteiger partial charge >= 0.3 is 8.60 Å². The van der Waals surface area contributed by atoms with Gasteiger partial charge in [-0.1, -0.05) is 48.5 Å². The van der Waals surface area contributed by atoms with E-state index in [1.165, 1.54) is 0 Å². The fourth-order valence-corrected chi connectivity index (χ4v) is 2.75. The Bertz CT molecular complexity index is 589. The fourth-order valence-electron chi connectivity index (χ4n) is 2.38. The minimum atomic E-state index is -2.61. The van der Waals surface area contributed by atoms with Gasteiger partial charge in [0, 0.05) is 0 Å². The minimum absolute atomic E-state index is 0.273. The summed E-state index contributed by atoms with van der Waals surface area (Å²) in [6.07, 6.45) is -0.744. The van der Waals surface area contributed by atoms with E-state index in [0.717, 1.165) is 5.56 Å². The Kier molecular flexibility index (Phi) is 7.12. The molecule has 0 radical (unpaired) electrons. The summed E-state index contributed by atoms with van der Waals surface area (Å²) in [6.45, 7) is -1.19. The van der Waals surface area contributed by atoms with Crippen LogP contribution in [0.25, 0.3) is 0 Å². The average molecular weight is 352 g/mol. The number of rotatable bonds is 9. The molecule has 130 valence electrons. The molecule has 0 bridgehead atoms. The third kappa shape index (κ3) is 4.74. The van der Waals surface area contributed by atoms with Crippen LogP contribution in [0.4, 0.5) is 0 Å². The first-order chi connectivity index (χ1) is 11.6. The van der Waals surface area contributed by atoms with E-state index in [1.807, 2.05) is 48.5 Å². The Balaban J connectivity index is 2.38. The minimum Gasteiger partial charge on any atom is -0.485 e. The normalized spacial score (nSPS) is 13.0. The van der Waals surface area contributed by atoms with Gasteiger partial charge in [0.25, 0.3) is 0 Å². The van der Waals surface area contributed by atoms with Crippen LogP contribution in [0.1, 0.15) is 11.7 Å². The maximum atomic E-state index is 9.92. The summed E-state index contributed by atoms with van der Waals surface area (Å²) in [5, 5.41) is 19.8. The summed E-state index contributed by atoms with van der Waals surface area (Å²) in [7, 11) is -2.61. The van der Waals surface area contributed by atoms with Gasteiger partial charge in [-0.15, -0.1) is 0 Å². The van der Waals surface area contributed by atoms with Crippen molar-refractivity contribution in [1.29, 1.82) is 0 Å². The summed E-state index contributed by atoms with van der Waals surface area (Å²) in [5.74, 6) is 0.563. The highest BCUT2D eigenvalue weighted by Crippen LogP contribution is 2.40. The van der Waals surface area contributed by atoms with E-state index in [9.17, 15) is 10.2 Å². The lowest BCUT2D eigenvalue weighted by Crippen LogP contribution is -2.43. The van der Waals surface area contributed by atoms with Crippen LogP contribution in [0.3, 0.4) is 0 Å². The first-order valence-corrected chi connectivity index (χ1v) is 8.57. The average Bonchev–Trinajstić information content (AvgIpc) is 2.63. The molecule has 4 N–H and O–H groups in total. The molecule has 0 spiro atoms. The summed E-state index contributed by atoms with van der Waals surface area (Å²) in [4.78, 5) is 18.1. The zero-order chi connectivity index (χ0) is 17.4. The van der Waals surface area contributed by atoms with Crippen molar-refractivity contribution in [3.63, 3.8) is 0 Å². The Morgan fingerprint density at radius 3 is 1.92 bits per heavy atom. The molecule has 6 nitrogen and oxygen atoms in total. The van der Waals surface area contributed by atoms with E-state index < -0.39 is 33.3 Å². The molecule has 0 aliphatic heterocycles. The van der Waals surface area contributed by atoms with Gasteiger partial charge < -0.3 is 29.3 Å². The highest BCUT2D eigenvalue weighted by atomic mass is 31.2. The largest absolute Gasteiger partial charge is 0.485 e. The van der Waals surface area contributed by atoms with Gasteiger partial charge in [-0.3, -0.25) is 0 Å². The lowest BCUT2D eigenvalue weighted by atomic mass is 9.80. The maximum Gasteiger partial charge on any atom is 0.327 e. The van der Waals surface area contributed by atoms with E-state index in [0.29, 0.717) is 5.75 Å². The summed E-state index contributed by atoms with van der Waals surface area (Å²) in [5.41, 5.74) is -0.517. The van der Waals surface area contributed by atoms with Crippen LogP contribution in [-0.2, 0) is 4.52 Å². The van der Waals surface area contributed by atoms with Crippen molar-refractivity contribution >= 4 is 8.60 Å². The van der Waals surface area contributed by atoms with Gasteiger partial charge in [0.05, 0.1) is 25.2 Å². The molecule has 0 aliphatic rings. The SMILES string of the molecule is OCC(CO)(COP(O)O)C(Oc1ccccc1)c1ccccc1. The van der Waals surface area contributed by atoms with Gasteiger partial charge in [-0.2, -0.15) is 0 Å². The summed E-state index contributed by atoms with van der Waals surface area (Å²) >= 11 is 0. The second-order valence-electron chi connectivity index (χ2n) is 5.43. The molecule has 24 heavy (non-hydrogen) atoms. The van der Waals surface area contributed by atoms with E-state index >= 15 is 0 Å². The van der Waals surface area contributed by atoms with Crippen LogP contribution in [0.2, 0.25) is 0 Å². The second kappa shape index (κ2) is 9.08. The number of benzene rings is 2. The maximum absolute atomic E-state index is 9.92. The monoisotopic (exact) mass is 352 g/mol. The molecule has 0 heterocycles. The quantitative estimate of drug-likeness (QED) is 0.515. The van der Waals surface area contributed by atoms with Crippen LogP contribution < -0.4 is 4.74 Å². The molecule has 2 aromatic carbocycles. The molecule has 2 rings (SSSR count). The van der Waals surface area contributed by atoms with Crippen molar-refractivity contribution in [2.75, 3.05) is 19.8 Å². The number of aliphatic hydroxyl groups excluding tert-OH is 2. The van der Waals surface area contributed by atoms with Crippen LogP contribution in [-0.4, -0.2) is 39.8 Å². The Morgan fingerprint density at radius 2 is 1.42 bits per heavy atom. The van der Waals surface area contributed by atoms with Crippen molar-refractivity contribution in [2.45, 2.75) is 6.10 Å². The smallest absolute Gasteiger partial charge is 0.327 e. The molecular weight excluding hydrogens is 331 g/mol. The van der Waals surface area contributed by atoms with Gasteiger partial charge in [0.1, 0.15) is 11.9 Å². The van der Waals surface area contributed by atoms with E-state index in [2.05, 4.69) is 0 Å². The molecule has 1 atom stereocenters. The summed E-state index contributed by atoms with van der Waals surface area (Å²) < 4.78 is 10.9. The zero-order valence-electron chi connectivity index (χ0n) is 13.0. The van der Waals surface area contributed by atoms with Crippen LogP contribution in [0.5, 0.6) is 5.75 Å². The van der Waals surface area contributed by atoms with Gasteiger partial charge in [-0.25, -0.2) is 0 Å². The van der Waals surface area contributed by atoms with Crippen LogP contribution in [0.15, 0.2) is 60.7 Å². The standard InChI is InChI=1S/C17H21O6P/c18-11-17(12-19,13-22-24(20)21)16(14-7-3-1-4-8-14)23-15-9-5-2-6-10-15/h1-10,16,18-21H,11-13H2. The topological polar surface area (TPSA) is 99.4 Å². The highest BCUT2D eigenvalue weighted by molar-refractivity contribution is 7.39. The Labute approximate surface area is 141 Å². The van der Waals surface area contributed by atoms with Crippen molar-refractivity contribution in [3.05, 3.63) is 66.2 Å². The fraction of sp³-hybridized carbons (Fsp3) is 0.294. The third-order valence-corrected chi connectivity index (χ3v) is 4.11. The number of para-hydroxylation sites is 1. The number of hydrogen-bond donors (Lipinski definition) is 4. The van der Waals surface area contributed by atoms with Crippen LogP contribution in [0, 0.1) is 5.41 Å². The van der Waals surface area contributed by atoms with Crippen molar-refractivity contribution < 1.29 is 29.3 Å². The van der Waals surface area contributed by atoms with Gasteiger partial charge in [-0.05, 0) is 17.7 Å². The molecular formula is C17H21O6P. The Morgan fingerprint density at radius 1 is 0.875 bits per heavy atom. The molecule has 0 amide bonds. The van der Waals surface area contributed by atoms with Crippen LogP contribution >= 0.6 is 8.60 Å². The predicted octanol–water partition coefficient (Wildman–Crippen LogP) is 2.01. The lowest BCUT2D eigenvalue weighted by molar-refractivity contribution is -0.0698. The van der Waals surface area contributed by atoms with Crippen molar-refractivity contribution in [3.8, 4) is 5.75 Å². The number of hydrogen-bond acceptors (Lipinski definition) is 6. The molecule has 0 saturated heterocycles. The number of aliphatic hydroxyl groups is 2. The first-order valence-electron chi connectivity index (χ1n) is 7.40. The van der Waals surface area contributed by atoms with E-state index in [-0.39, 0.29) is 6.61 Å². The molecule has 1 unspecified atom stereocenters. The molecule has 7 heteroatoms. The summed E-state index contributed by atoms with van der Waals surface area (Å²) in [6, 6.07) is 18.1. The molecule has 0 saturated carbocycles. The third-order valence-electron chi connectivity index (χ3n) is 3.75. The van der Waals surface area contributed by atoms with Crippen molar-refractivity contribution in [1.82, 2.24) is 0 Å². The second-order valence-corrected chi connectivity index (χ2v) is 6.19.